The molecule has 0 fully saturated rings. The molecule has 3 nitrogen and oxygen atoms in total. The van der Waals surface area contributed by atoms with E-state index < -0.39 is 0 Å². The van der Waals surface area contributed by atoms with Crippen molar-refractivity contribution >= 4 is 81.0 Å². The van der Waals surface area contributed by atoms with E-state index in [0.29, 0.717) is 48.1 Å². The van der Waals surface area contributed by atoms with E-state index in [0.717, 1.165) is 5.56 Å². The lowest BCUT2D eigenvalue weighted by Gasteiger charge is -2.16. The summed E-state index contributed by atoms with van der Waals surface area (Å²) < 4.78 is 1.72. The molecule has 148 valence electrons. The molecule has 0 aliphatic carbocycles. The van der Waals surface area contributed by atoms with Crippen LogP contribution in [0.5, 0.6) is 0 Å². The van der Waals surface area contributed by atoms with Crippen molar-refractivity contribution in [1.82, 2.24) is 0 Å². The van der Waals surface area contributed by atoms with Crippen molar-refractivity contribution in [2.45, 2.75) is 6.04 Å². The first kappa shape index (κ1) is 21.0. The van der Waals surface area contributed by atoms with Crippen molar-refractivity contribution < 1.29 is 4.70 Å². The SMILES string of the molecule is Clc1cc(Cl)c(N2N=[N+](c3c(Cl)cc(Cl)cc3Cl)CC2c2ccccc2)c(Cl)c1. The summed E-state index contributed by atoms with van der Waals surface area (Å²) >= 11 is 38.0. The summed E-state index contributed by atoms with van der Waals surface area (Å²) in [5.41, 5.74) is 2.14. The number of anilines is 1. The van der Waals surface area contributed by atoms with Crippen LogP contribution in [-0.4, -0.2) is 11.2 Å². The summed E-state index contributed by atoms with van der Waals surface area (Å²) in [6, 6.07) is 16.2. The van der Waals surface area contributed by atoms with Crippen LogP contribution >= 0.6 is 69.6 Å². The minimum Gasteiger partial charge on any atom is -0.126 e. The Bertz CT molecular complexity index is 1070. The summed E-state index contributed by atoms with van der Waals surface area (Å²) in [6.07, 6.45) is 0. The molecule has 0 spiro atoms. The van der Waals surface area contributed by atoms with Gasteiger partial charge in [-0.05, 0) is 24.3 Å². The van der Waals surface area contributed by atoms with Crippen molar-refractivity contribution in [3.05, 3.63) is 90.3 Å². The molecule has 9 heteroatoms. The third-order valence-electron chi connectivity index (χ3n) is 4.48. The monoisotopic (exact) mass is 504 g/mol. The first-order chi connectivity index (χ1) is 13.8. The number of nitrogens with zero attached hydrogens (tertiary/aromatic N) is 3. The van der Waals surface area contributed by atoms with Crippen LogP contribution in [0, 0.1) is 0 Å². The first-order valence-corrected chi connectivity index (χ1v) is 10.7. The molecule has 0 radical (unpaired) electrons. The molecule has 1 unspecified atom stereocenters. The van der Waals surface area contributed by atoms with E-state index in [2.05, 4.69) is 0 Å². The highest BCUT2D eigenvalue weighted by Crippen LogP contribution is 2.45. The lowest BCUT2D eigenvalue weighted by molar-refractivity contribution is -0.499. The smallest absolute Gasteiger partial charge is 0.126 e. The maximum Gasteiger partial charge on any atom is 0.188 e. The van der Waals surface area contributed by atoms with E-state index in [4.69, 9.17) is 74.8 Å². The first-order valence-electron chi connectivity index (χ1n) is 8.47. The van der Waals surface area contributed by atoms with Crippen LogP contribution < -0.4 is 5.01 Å². The molecule has 29 heavy (non-hydrogen) atoms. The Labute approximate surface area is 197 Å². The fourth-order valence-corrected chi connectivity index (χ4v) is 5.25. The van der Waals surface area contributed by atoms with E-state index in [1.54, 1.807) is 34.0 Å². The van der Waals surface area contributed by atoms with Gasteiger partial charge in [0.2, 0.25) is 0 Å². The Kier molecular flexibility index (Phi) is 6.17. The Morgan fingerprint density at radius 3 is 1.83 bits per heavy atom. The molecule has 3 aromatic carbocycles. The predicted octanol–water partition coefficient (Wildman–Crippen LogP) is 8.88. The lowest BCUT2D eigenvalue weighted by atomic mass is 10.1. The average Bonchev–Trinajstić information content (AvgIpc) is 3.05. The largest absolute Gasteiger partial charge is 0.188 e. The van der Waals surface area contributed by atoms with Crippen molar-refractivity contribution in [3.8, 4) is 0 Å². The maximum absolute atomic E-state index is 6.49. The summed E-state index contributed by atoms with van der Waals surface area (Å²) in [6.45, 7) is 0.473. The summed E-state index contributed by atoms with van der Waals surface area (Å²) in [5, 5.41) is 8.96. The van der Waals surface area contributed by atoms with Gasteiger partial charge in [0.1, 0.15) is 0 Å². The summed E-state index contributed by atoms with van der Waals surface area (Å²) in [5.74, 6) is 0. The molecule has 1 aliphatic heterocycles. The third kappa shape index (κ3) is 4.18. The molecule has 0 saturated carbocycles. The van der Waals surface area contributed by atoms with Crippen LogP contribution in [-0.2, 0) is 0 Å². The van der Waals surface area contributed by atoms with Gasteiger partial charge in [-0.1, -0.05) is 99.9 Å². The average molecular weight is 507 g/mol. The lowest BCUT2D eigenvalue weighted by Crippen LogP contribution is -2.21. The van der Waals surface area contributed by atoms with Gasteiger partial charge in [0.25, 0.3) is 0 Å². The zero-order chi connectivity index (χ0) is 20.7. The molecular weight excluding hydrogens is 495 g/mol. The van der Waals surface area contributed by atoms with E-state index in [-0.39, 0.29) is 6.04 Å². The highest BCUT2D eigenvalue weighted by molar-refractivity contribution is 6.42. The number of halogens is 6. The highest BCUT2D eigenvalue weighted by atomic mass is 35.5. The second-order valence-electron chi connectivity index (χ2n) is 6.38. The summed E-state index contributed by atoms with van der Waals surface area (Å²) in [7, 11) is 0. The summed E-state index contributed by atoms with van der Waals surface area (Å²) in [4.78, 5) is 0. The maximum atomic E-state index is 6.49. The standard InChI is InChI=1S/C20H12Cl6N3/c21-12-6-14(23)19(15(24)7-12)28-10-18(11-4-2-1-3-5-11)29(27-28)20-16(25)8-13(22)9-17(20)26/h1-9,18H,10H2/q+1. The van der Waals surface area contributed by atoms with Gasteiger partial charge in [0.05, 0.1) is 25.3 Å². The highest BCUT2D eigenvalue weighted by Gasteiger charge is 2.41. The fraction of sp³-hybridized carbons (Fsp3) is 0.100. The van der Waals surface area contributed by atoms with E-state index in [9.17, 15) is 0 Å². The molecular formula is C20H12Cl6N3+. The van der Waals surface area contributed by atoms with Crippen LogP contribution in [0.1, 0.15) is 11.6 Å². The minimum atomic E-state index is -0.185. The predicted molar refractivity (Wildman–Crippen MR) is 122 cm³/mol. The molecule has 1 aliphatic rings. The second-order valence-corrected chi connectivity index (χ2v) is 8.88. The zero-order valence-electron chi connectivity index (χ0n) is 14.6. The quantitative estimate of drug-likeness (QED) is 0.324. The van der Waals surface area contributed by atoms with Gasteiger partial charge in [-0.25, -0.2) is 0 Å². The van der Waals surface area contributed by atoms with Crippen molar-refractivity contribution in [2.24, 2.45) is 5.22 Å². The van der Waals surface area contributed by atoms with Crippen LogP contribution in [0.25, 0.3) is 0 Å². The second kappa shape index (κ2) is 8.50. The third-order valence-corrected chi connectivity index (χ3v) is 6.07. The Balaban J connectivity index is 1.88. The molecule has 0 aromatic heterocycles. The number of rotatable bonds is 3. The van der Waals surface area contributed by atoms with Gasteiger partial charge >= 0.3 is 0 Å². The van der Waals surface area contributed by atoms with E-state index >= 15 is 0 Å². The van der Waals surface area contributed by atoms with Gasteiger partial charge < -0.3 is 0 Å². The van der Waals surface area contributed by atoms with Crippen LogP contribution in [0.3, 0.4) is 0 Å². The van der Waals surface area contributed by atoms with Crippen LogP contribution in [0.2, 0.25) is 30.1 Å². The number of hydrogen-bond acceptors (Lipinski definition) is 2. The Hall–Kier alpha value is -1.20. The minimum absolute atomic E-state index is 0.185. The molecule has 0 bridgehead atoms. The van der Waals surface area contributed by atoms with Crippen LogP contribution in [0.4, 0.5) is 11.4 Å². The zero-order valence-corrected chi connectivity index (χ0v) is 19.1. The van der Waals surface area contributed by atoms with Gasteiger partial charge in [0, 0.05) is 15.6 Å². The molecule has 0 amide bonds. The van der Waals surface area contributed by atoms with Gasteiger partial charge in [-0.15, -0.1) is 9.71 Å². The van der Waals surface area contributed by atoms with E-state index in [1.165, 1.54) is 0 Å². The van der Waals surface area contributed by atoms with Crippen molar-refractivity contribution in [3.63, 3.8) is 0 Å². The topological polar surface area (TPSA) is 18.6 Å². The number of hydrogen-bond donors (Lipinski definition) is 0. The van der Waals surface area contributed by atoms with Gasteiger partial charge in [-0.2, -0.15) is 0 Å². The molecule has 1 atom stereocenters. The Morgan fingerprint density at radius 1 is 0.759 bits per heavy atom. The Morgan fingerprint density at radius 2 is 1.28 bits per heavy atom. The normalized spacial score (nSPS) is 16.3. The molecule has 3 aromatic rings. The van der Waals surface area contributed by atoms with E-state index in [1.807, 2.05) is 30.3 Å². The van der Waals surface area contributed by atoms with Crippen molar-refractivity contribution in [1.29, 1.82) is 0 Å². The van der Waals surface area contributed by atoms with Crippen molar-refractivity contribution in [2.75, 3.05) is 11.6 Å². The molecule has 4 rings (SSSR count). The number of benzene rings is 3. The van der Waals surface area contributed by atoms with Gasteiger partial charge in [0.15, 0.2) is 24.0 Å². The fourth-order valence-electron chi connectivity index (χ4n) is 3.25. The van der Waals surface area contributed by atoms with Crippen LogP contribution in [0.15, 0.2) is 59.8 Å². The molecule has 1 heterocycles. The molecule has 0 saturated heterocycles. The van der Waals surface area contributed by atoms with Gasteiger partial charge in [-0.3, -0.25) is 0 Å². The molecule has 0 N–H and O–H groups in total.